The largest absolute Gasteiger partial charge is 0.405 e. The first kappa shape index (κ1) is 25.0. The molecule has 0 aromatic heterocycles. The van der Waals surface area contributed by atoms with Gasteiger partial charge in [-0.1, -0.05) is 44.2 Å². The predicted molar refractivity (Wildman–Crippen MR) is 96.1 cm³/mol. The smallest absolute Gasteiger partial charge is 0.386 e. The number of halogens is 5. The summed E-state index contributed by atoms with van der Waals surface area (Å²) in [6.45, 7) is 0.947. The summed E-state index contributed by atoms with van der Waals surface area (Å²) in [6, 6.07) is 7.72. The summed E-state index contributed by atoms with van der Waals surface area (Å²) in [4.78, 5) is 23.9. The number of alkyl halides is 5. The molecule has 0 saturated carbocycles. The Morgan fingerprint density at radius 2 is 1.66 bits per heavy atom. The number of Topliss-reactive ketones (excluding diaryl/α,β-unsaturated/α-hetero) is 1. The molecule has 0 radical (unpaired) electrons. The maximum absolute atomic E-state index is 14.2. The minimum atomic E-state index is -4.88. The van der Waals surface area contributed by atoms with Crippen LogP contribution in [-0.4, -0.2) is 47.6 Å². The number of aliphatic hydroxyl groups excluding tert-OH is 1. The molecule has 0 spiro atoms. The highest BCUT2D eigenvalue weighted by Gasteiger charge is 2.51. The molecule has 0 fully saturated rings. The fourth-order valence-corrected chi connectivity index (χ4v) is 2.78. The number of hydrogen-bond acceptors (Lipinski definition) is 4. The van der Waals surface area contributed by atoms with Crippen molar-refractivity contribution in [2.45, 2.75) is 50.9 Å². The monoisotopic (exact) mass is 424 g/mol. The molecule has 0 heterocycles. The van der Waals surface area contributed by atoms with E-state index in [1.165, 1.54) is 13.8 Å². The lowest BCUT2D eigenvalue weighted by Crippen LogP contribution is -2.54. The van der Waals surface area contributed by atoms with Crippen molar-refractivity contribution in [1.82, 2.24) is 5.32 Å². The zero-order valence-corrected chi connectivity index (χ0v) is 16.0. The van der Waals surface area contributed by atoms with E-state index in [0.717, 1.165) is 10.9 Å². The third kappa shape index (κ3) is 7.69. The Morgan fingerprint density at radius 1 is 1.10 bits per heavy atom. The van der Waals surface area contributed by atoms with Crippen LogP contribution in [0.5, 0.6) is 0 Å². The van der Waals surface area contributed by atoms with E-state index in [-0.39, 0.29) is 6.42 Å². The second-order valence-corrected chi connectivity index (χ2v) is 7.24. The van der Waals surface area contributed by atoms with Crippen LogP contribution in [-0.2, 0) is 16.0 Å². The van der Waals surface area contributed by atoms with Crippen molar-refractivity contribution in [3.63, 3.8) is 0 Å². The molecular formula is C19H25F5N2O3. The number of ketones is 1. The number of benzene rings is 1. The molecule has 5 nitrogen and oxygen atoms in total. The average Bonchev–Trinajstić information content (AvgIpc) is 2.63. The topological polar surface area (TPSA) is 92.4 Å². The number of carbonyl (C=O) groups excluding carboxylic acids is 2. The van der Waals surface area contributed by atoms with Crippen molar-refractivity contribution in [2.75, 3.05) is 6.54 Å². The van der Waals surface area contributed by atoms with Crippen molar-refractivity contribution in [1.29, 1.82) is 0 Å². The summed E-state index contributed by atoms with van der Waals surface area (Å²) in [6.07, 6.45) is -7.92. The number of nitrogens with one attached hydrogen (secondary N) is 1. The highest BCUT2D eigenvalue weighted by Crippen LogP contribution is 2.32. The Bertz CT molecular complexity index is 680. The van der Waals surface area contributed by atoms with E-state index in [4.69, 9.17) is 5.73 Å². The highest BCUT2D eigenvalue weighted by atomic mass is 19.4. The molecule has 0 aliphatic rings. The summed E-state index contributed by atoms with van der Waals surface area (Å²) in [5.41, 5.74) is 6.60. The fourth-order valence-electron chi connectivity index (χ4n) is 2.78. The Labute approximate surface area is 165 Å². The van der Waals surface area contributed by atoms with Gasteiger partial charge in [-0.15, -0.1) is 0 Å². The van der Waals surface area contributed by atoms with E-state index in [9.17, 15) is 36.6 Å². The van der Waals surface area contributed by atoms with Gasteiger partial charge in [0.2, 0.25) is 0 Å². The lowest BCUT2D eigenvalue weighted by Gasteiger charge is -2.31. The van der Waals surface area contributed by atoms with Crippen LogP contribution in [0.4, 0.5) is 22.0 Å². The minimum Gasteiger partial charge on any atom is -0.386 e. The van der Waals surface area contributed by atoms with Crippen molar-refractivity contribution >= 4 is 11.7 Å². The summed E-state index contributed by atoms with van der Waals surface area (Å²) in [5, 5.41) is 11.1. The molecule has 1 rings (SSSR count). The first-order chi connectivity index (χ1) is 13.3. The number of hydrogen-bond donors (Lipinski definition) is 3. The molecule has 0 saturated heterocycles. The van der Waals surface area contributed by atoms with Gasteiger partial charge in [0.1, 0.15) is 18.4 Å². The number of aliphatic hydroxyl groups is 1. The maximum Gasteiger partial charge on any atom is 0.405 e. The lowest BCUT2D eigenvalue weighted by molar-refractivity contribution is -0.178. The van der Waals surface area contributed by atoms with Crippen molar-refractivity contribution in [3.8, 4) is 0 Å². The minimum absolute atomic E-state index is 0.156. The van der Waals surface area contributed by atoms with Crippen LogP contribution in [0, 0.1) is 11.8 Å². The Hall–Kier alpha value is -2.07. The van der Waals surface area contributed by atoms with Crippen LogP contribution < -0.4 is 11.1 Å². The van der Waals surface area contributed by atoms with Gasteiger partial charge in [-0.25, -0.2) is 0 Å². The van der Waals surface area contributed by atoms with Crippen LogP contribution in [0.15, 0.2) is 30.3 Å². The first-order valence-electron chi connectivity index (χ1n) is 8.98. The first-order valence-corrected chi connectivity index (χ1v) is 8.98. The molecule has 0 aliphatic heterocycles. The van der Waals surface area contributed by atoms with Crippen LogP contribution in [0.3, 0.4) is 0 Å². The van der Waals surface area contributed by atoms with Crippen LogP contribution in [0.2, 0.25) is 0 Å². The Morgan fingerprint density at radius 3 is 2.14 bits per heavy atom. The molecule has 0 bridgehead atoms. The second-order valence-electron chi connectivity index (χ2n) is 7.24. The summed E-state index contributed by atoms with van der Waals surface area (Å²) < 4.78 is 64.9. The van der Waals surface area contributed by atoms with Crippen molar-refractivity contribution in [2.24, 2.45) is 17.6 Å². The summed E-state index contributed by atoms with van der Waals surface area (Å²) >= 11 is 0. The maximum atomic E-state index is 14.2. The lowest BCUT2D eigenvalue weighted by atomic mass is 9.81. The zero-order valence-electron chi connectivity index (χ0n) is 16.0. The summed E-state index contributed by atoms with van der Waals surface area (Å²) in [7, 11) is 0. The fraction of sp³-hybridized carbons (Fsp3) is 0.579. The van der Waals surface area contributed by atoms with Gasteiger partial charge in [-0.05, 0) is 17.9 Å². The van der Waals surface area contributed by atoms with Gasteiger partial charge >= 0.3 is 12.1 Å². The molecule has 0 unspecified atom stereocenters. The van der Waals surface area contributed by atoms with Crippen molar-refractivity contribution in [3.05, 3.63) is 35.9 Å². The van der Waals surface area contributed by atoms with E-state index in [2.05, 4.69) is 0 Å². The van der Waals surface area contributed by atoms with Gasteiger partial charge in [-0.2, -0.15) is 22.0 Å². The van der Waals surface area contributed by atoms with Gasteiger partial charge in [0.25, 0.3) is 5.91 Å². The normalized spacial score (nSPS) is 15.7. The predicted octanol–water partition coefficient (Wildman–Crippen LogP) is 2.46. The standard InChI is InChI=1S/C19H25F5N2O3/c1-11(2)13(9-15(27)14(25)8-12-6-4-3-5-7-12)16(28)19(23,24)17(29)26-10-18(20,21)22/h3-7,11,13-14,16,28H,8-10,25H2,1-2H3,(H,26,29)/t13-,14-,16+/m0/s1. The molecule has 29 heavy (non-hydrogen) atoms. The molecule has 1 amide bonds. The number of rotatable bonds is 10. The third-order valence-corrected chi connectivity index (χ3v) is 4.53. The third-order valence-electron chi connectivity index (χ3n) is 4.53. The molecule has 3 atom stereocenters. The van der Waals surface area contributed by atoms with E-state index in [1.807, 2.05) is 0 Å². The number of nitrogens with two attached hydrogens (primary N) is 1. The van der Waals surface area contributed by atoms with Crippen LogP contribution in [0.1, 0.15) is 25.8 Å². The highest BCUT2D eigenvalue weighted by molar-refractivity contribution is 5.86. The summed E-state index contributed by atoms with van der Waals surface area (Å²) in [5.74, 6) is -9.41. The molecule has 0 aliphatic carbocycles. The number of carbonyl (C=O) groups is 2. The second kappa shape index (κ2) is 10.1. The van der Waals surface area contributed by atoms with E-state index in [0.29, 0.717) is 0 Å². The molecule has 164 valence electrons. The molecule has 1 aromatic rings. The zero-order chi connectivity index (χ0) is 22.4. The van der Waals surface area contributed by atoms with Gasteiger partial charge in [-0.3, -0.25) is 9.59 Å². The molecule has 1 aromatic carbocycles. The van der Waals surface area contributed by atoms with E-state index in [1.54, 1.807) is 30.3 Å². The van der Waals surface area contributed by atoms with Crippen LogP contribution in [0.25, 0.3) is 0 Å². The molecule has 10 heteroatoms. The number of amides is 1. The SMILES string of the molecule is CC(C)[C@H](CC(=O)[C@@H](N)Cc1ccccc1)[C@@H](O)C(F)(F)C(=O)NCC(F)(F)F. The van der Waals surface area contributed by atoms with Gasteiger partial charge in [0, 0.05) is 12.3 Å². The molecular weight excluding hydrogens is 399 g/mol. The molecule has 4 N–H and O–H groups in total. The van der Waals surface area contributed by atoms with Gasteiger partial charge < -0.3 is 16.2 Å². The Kier molecular flexibility index (Phi) is 8.70. The van der Waals surface area contributed by atoms with E-state index < -0.39 is 60.7 Å². The van der Waals surface area contributed by atoms with Crippen LogP contribution >= 0.6 is 0 Å². The Balaban J connectivity index is 2.83. The van der Waals surface area contributed by atoms with E-state index >= 15 is 0 Å². The quantitative estimate of drug-likeness (QED) is 0.503. The average molecular weight is 424 g/mol. The van der Waals surface area contributed by atoms with Gasteiger partial charge in [0.05, 0.1) is 6.04 Å². The van der Waals surface area contributed by atoms with Crippen molar-refractivity contribution < 1.29 is 36.6 Å². The van der Waals surface area contributed by atoms with Gasteiger partial charge in [0.15, 0.2) is 0 Å².